The minimum atomic E-state index is -0.948. The molecular weight excluding hydrogens is 442 g/mol. The van der Waals surface area contributed by atoms with Gasteiger partial charge in [0.1, 0.15) is 18.2 Å². The first-order chi connectivity index (χ1) is 15.7. The number of carbonyl (C=O) groups is 2. The van der Waals surface area contributed by atoms with Gasteiger partial charge in [-0.1, -0.05) is 48.5 Å². The molecule has 1 amide bonds. The second-order valence-electron chi connectivity index (χ2n) is 8.93. The predicted molar refractivity (Wildman–Crippen MR) is 128 cm³/mol. The van der Waals surface area contributed by atoms with Gasteiger partial charge < -0.3 is 25.0 Å². The van der Waals surface area contributed by atoms with Crippen LogP contribution in [0.15, 0.2) is 48.5 Å². The molecule has 0 bridgehead atoms. The summed E-state index contributed by atoms with van der Waals surface area (Å²) in [5, 5.41) is 21.1. The second-order valence-corrected chi connectivity index (χ2v) is 10.0. The normalized spacial score (nSPS) is 14.7. The van der Waals surface area contributed by atoms with Gasteiger partial charge in [0.15, 0.2) is 0 Å². The topological polar surface area (TPSA) is 105 Å². The molecule has 0 fully saturated rings. The van der Waals surface area contributed by atoms with E-state index in [4.69, 9.17) is 14.6 Å². The van der Waals surface area contributed by atoms with Crippen LogP contribution >= 0.6 is 11.8 Å². The molecule has 33 heavy (non-hydrogen) atoms. The molecule has 2 atom stereocenters. The number of aliphatic hydroxyl groups excluding tert-OH is 2. The van der Waals surface area contributed by atoms with Crippen molar-refractivity contribution in [3.8, 4) is 11.1 Å². The first-order valence-electron chi connectivity index (χ1n) is 10.9. The Balaban J connectivity index is 1.64. The van der Waals surface area contributed by atoms with Crippen LogP contribution in [0.2, 0.25) is 0 Å². The van der Waals surface area contributed by atoms with Gasteiger partial charge >= 0.3 is 12.1 Å². The molecule has 2 aromatic rings. The van der Waals surface area contributed by atoms with Crippen LogP contribution in [0.3, 0.4) is 0 Å². The van der Waals surface area contributed by atoms with Crippen molar-refractivity contribution in [2.24, 2.45) is 0 Å². The van der Waals surface area contributed by atoms with Crippen LogP contribution in [0.1, 0.15) is 37.8 Å². The van der Waals surface area contributed by atoms with E-state index in [1.54, 1.807) is 20.8 Å². The highest BCUT2D eigenvalue weighted by Gasteiger charge is 2.31. The van der Waals surface area contributed by atoms with E-state index in [0.29, 0.717) is 0 Å². The van der Waals surface area contributed by atoms with Crippen LogP contribution < -0.4 is 5.32 Å². The Bertz CT molecular complexity index is 928. The standard InChI is InChI=1S/C25H31NO6S/c1-25(2,3)32-23(29)22(15-33-14-16(28)12-27)26-24(30)31-13-21-19-10-6-4-8-17(19)18-9-5-7-11-20(18)21/h4-11,16,21-22,27-28H,12-15H2,1-3H3,(H,26,30)/t16-,22+/m0/s1. The molecular formula is C25H31NO6S. The lowest BCUT2D eigenvalue weighted by Crippen LogP contribution is -2.46. The fourth-order valence-electron chi connectivity index (χ4n) is 3.70. The molecule has 3 N–H and O–H groups in total. The Morgan fingerprint density at radius 2 is 1.61 bits per heavy atom. The fourth-order valence-corrected chi connectivity index (χ4v) is 4.67. The second kappa shape index (κ2) is 11.0. The lowest BCUT2D eigenvalue weighted by atomic mass is 9.98. The smallest absolute Gasteiger partial charge is 0.407 e. The summed E-state index contributed by atoms with van der Waals surface area (Å²) in [6, 6.07) is 15.2. The van der Waals surface area contributed by atoms with Gasteiger partial charge in [-0.15, -0.1) is 0 Å². The van der Waals surface area contributed by atoms with Crippen molar-refractivity contribution in [3.05, 3.63) is 59.7 Å². The maximum atomic E-state index is 12.6. The van der Waals surface area contributed by atoms with Crippen molar-refractivity contribution < 1.29 is 29.3 Å². The van der Waals surface area contributed by atoms with E-state index in [2.05, 4.69) is 17.4 Å². The van der Waals surface area contributed by atoms with Gasteiger partial charge in [0.25, 0.3) is 0 Å². The highest BCUT2D eigenvalue weighted by molar-refractivity contribution is 7.99. The number of carbonyl (C=O) groups excluding carboxylic acids is 2. The zero-order chi connectivity index (χ0) is 24.0. The number of rotatable bonds is 9. The number of hydrogen-bond acceptors (Lipinski definition) is 7. The highest BCUT2D eigenvalue weighted by atomic mass is 32.2. The average Bonchev–Trinajstić information content (AvgIpc) is 3.09. The minimum absolute atomic E-state index is 0.0859. The Kier molecular flexibility index (Phi) is 8.40. The number of hydrogen-bond donors (Lipinski definition) is 3. The number of esters is 1. The summed E-state index contributed by atoms with van der Waals surface area (Å²) in [5.74, 6) is -0.266. The van der Waals surface area contributed by atoms with Crippen LogP contribution in [-0.4, -0.2) is 64.7 Å². The summed E-state index contributed by atoms with van der Waals surface area (Å²) in [4.78, 5) is 25.2. The monoisotopic (exact) mass is 473 g/mol. The van der Waals surface area contributed by atoms with Gasteiger partial charge in [-0.2, -0.15) is 11.8 Å². The molecule has 1 aliphatic carbocycles. The van der Waals surface area contributed by atoms with Crippen molar-refractivity contribution in [1.29, 1.82) is 0 Å². The summed E-state index contributed by atoms with van der Waals surface area (Å²) < 4.78 is 11.0. The van der Waals surface area contributed by atoms with Crippen LogP contribution in [0.5, 0.6) is 0 Å². The molecule has 1 aliphatic rings. The molecule has 8 heteroatoms. The van der Waals surface area contributed by atoms with Crippen molar-refractivity contribution in [2.75, 3.05) is 24.7 Å². The largest absolute Gasteiger partial charge is 0.458 e. The van der Waals surface area contributed by atoms with E-state index >= 15 is 0 Å². The fraction of sp³-hybridized carbons (Fsp3) is 0.440. The van der Waals surface area contributed by atoms with Gasteiger partial charge in [0.05, 0.1) is 12.7 Å². The Labute approximate surface area is 198 Å². The number of benzene rings is 2. The van der Waals surface area contributed by atoms with Gasteiger partial charge in [0, 0.05) is 17.4 Å². The third-order valence-electron chi connectivity index (χ3n) is 5.13. The predicted octanol–water partition coefficient (Wildman–Crippen LogP) is 3.32. The molecule has 0 unspecified atom stereocenters. The molecule has 2 aromatic carbocycles. The van der Waals surface area contributed by atoms with Gasteiger partial charge in [-0.05, 0) is 43.0 Å². The van der Waals surface area contributed by atoms with E-state index in [1.165, 1.54) is 11.8 Å². The number of nitrogens with one attached hydrogen (secondary N) is 1. The van der Waals surface area contributed by atoms with E-state index in [0.717, 1.165) is 22.3 Å². The molecule has 0 heterocycles. The molecule has 3 rings (SSSR count). The Hall–Kier alpha value is -2.55. The number of fused-ring (bicyclic) bond motifs is 3. The highest BCUT2D eigenvalue weighted by Crippen LogP contribution is 2.44. The zero-order valence-electron chi connectivity index (χ0n) is 19.1. The maximum Gasteiger partial charge on any atom is 0.407 e. The number of ether oxygens (including phenoxy) is 2. The van der Waals surface area contributed by atoms with Gasteiger partial charge in [-0.3, -0.25) is 0 Å². The number of alkyl carbamates (subject to hydrolysis) is 1. The summed E-state index contributed by atoms with van der Waals surface area (Å²) in [6.07, 6.45) is -1.61. The van der Waals surface area contributed by atoms with Gasteiger partial charge in [-0.25, -0.2) is 9.59 Å². The Morgan fingerprint density at radius 1 is 1.03 bits per heavy atom. The molecule has 178 valence electrons. The molecule has 0 saturated carbocycles. The SMILES string of the molecule is CC(C)(C)OC(=O)[C@@H](CSC[C@@H](O)CO)NC(=O)OCC1c2ccccc2-c2ccccc21. The van der Waals surface area contributed by atoms with Crippen LogP contribution in [0.25, 0.3) is 11.1 Å². The van der Waals surface area contributed by atoms with Crippen molar-refractivity contribution >= 4 is 23.8 Å². The summed E-state index contributed by atoms with van der Waals surface area (Å²) >= 11 is 1.23. The van der Waals surface area contributed by atoms with Crippen molar-refractivity contribution in [3.63, 3.8) is 0 Å². The summed E-state index contributed by atoms with van der Waals surface area (Å²) in [6.45, 7) is 5.01. The molecule has 0 aliphatic heterocycles. The maximum absolute atomic E-state index is 12.6. The third kappa shape index (κ3) is 6.72. The quantitative estimate of drug-likeness (QED) is 0.480. The lowest BCUT2D eigenvalue weighted by molar-refractivity contribution is -0.156. The molecule has 0 saturated heterocycles. The van der Waals surface area contributed by atoms with Crippen LogP contribution in [0, 0.1) is 0 Å². The van der Waals surface area contributed by atoms with Crippen LogP contribution in [0.4, 0.5) is 4.79 Å². The Morgan fingerprint density at radius 3 is 2.15 bits per heavy atom. The molecule has 0 aromatic heterocycles. The van der Waals surface area contributed by atoms with E-state index in [1.807, 2.05) is 36.4 Å². The minimum Gasteiger partial charge on any atom is -0.458 e. The average molecular weight is 474 g/mol. The molecule has 0 spiro atoms. The summed E-state index contributed by atoms with van der Waals surface area (Å²) in [7, 11) is 0. The summed E-state index contributed by atoms with van der Waals surface area (Å²) in [5.41, 5.74) is 3.75. The van der Waals surface area contributed by atoms with Gasteiger partial charge in [0.2, 0.25) is 0 Å². The molecule has 7 nitrogen and oxygen atoms in total. The van der Waals surface area contributed by atoms with E-state index < -0.39 is 29.8 Å². The third-order valence-corrected chi connectivity index (χ3v) is 6.32. The van der Waals surface area contributed by atoms with E-state index in [9.17, 15) is 14.7 Å². The number of aliphatic hydroxyl groups is 2. The molecule has 0 radical (unpaired) electrons. The van der Waals surface area contributed by atoms with Crippen molar-refractivity contribution in [1.82, 2.24) is 5.32 Å². The van der Waals surface area contributed by atoms with Crippen molar-refractivity contribution in [2.45, 2.75) is 44.4 Å². The zero-order valence-corrected chi connectivity index (χ0v) is 19.9. The lowest BCUT2D eigenvalue weighted by Gasteiger charge is -2.24. The first-order valence-corrected chi connectivity index (χ1v) is 12.1. The van der Waals surface area contributed by atoms with E-state index in [-0.39, 0.29) is 30.6 Å². The van der Waals surface area contributed by atoms with Crippen LogP contribution in [-0.2, 0) is 14.3 Å². The number of amides is 1. The number of thioether (sulfide) groups is 1. The first kappa shape index (κ1) is 25.1.